The molecule has 3 aromatic rings. The molecule has 4 rings (SSSR count). The second-order valence-corrected chi connectivity index (χ2v) is 7.42. The van der Waals surface area contributed by atoms with Crippen LogP contribution in [0.25, 0.3) is 6.08 Å². The first-order valence-corrected chi connectivity index (χ1v) is 9.47. The minimum Gasteiger partial charge on any atom is -0.489 e. The Kier molecular flexibility index (Phi) is 5.01. The fourth-order valence-electron chi connectivity index (χ4n) is 2.75. The van der Waals surface area contributed by atoms with Gasteiger partial charge in [0.2, 0.25) is 5.78 Å². The van der Waals surface area contributed by atoms with Gasteiger partial charge in [0.25, 0.3) is 0 Å². The Morgan fingerprint density at radius 3 is 2.63 bits per heavy atom. The van der Waals surface area contributed by atoms with E-state index >= 15 is 0 Å². The molecule has 27 heavy (non-hydrogen) atoms. The van der Waals surface area contributed by atoms with Crippen molar-refractivity contribution in [2.24, 2.45) is 0 Å². The number of hydrogen-bond donors (Lipinski definition) is 0. The third-order valence-corrected chi connectivity index (χ3v) is 4.87. The predicted octanol–water partition coefficient (Wildman–Crippen LogP) is 6.30. The maximum absolute atomic E-state index is 12.5. The van der Waals surface area contributed by atoms with Gasteiger partial charge in [-0.3, -0.25) is 4.79 Å². The molecule has 134 valence electrons. The molecule has 1 heterocycles. The topological polar surface area (TPSA) is 35.5 Å². The predicted molar refractivity (Wildman–Crippen MR) is 109 cm³/mol. The first-order valence-electron chi connectivity index (χ1n) is 8.29. The lowest BCUT2D eigenvalue weighted by Crippen LogP contribution is -1.98. The number of Topliss-reactive ketones (excluding diaryl/α,β-unsaturated/α-hetero) is 1. The van der Waals surface area contributed by atoms with E-state index < -0.39 is 0 Å². The fraction of sp³-hybridized carbons (Fsp3) is 0.0455. The molecule has 0 saturated carbocycles. The van der Waals surface area contributed by atoms with Gasteiger partial charge in [-0.25, -0.2) is 0 Å². The first-order chi connectivity index (χ1) is 13.1. The largest absolute Gasteiger partial charge is 0.489 e. The van der Waals surface area contributed by atoms with Crippen molar-refractivity contribution in [3.63, 3.8) is 0 Å². The van der Waals surface area contributed by atoms with Gasteiger partial charge in [-0.2, -0.15) is 0 Å². The Morgan fingerprint density at radius 1 is 1.04 bits per heavy atom. The van der Waals surface area contributed by atoms with Crippen LogP contribution in [0, 0.1) is 0 Å². The number of carbonyl (C=O) groups excluding carboxylic acids is 1. The maximum atomic E-state index is 12.5. The van der Waals surface area contributed by atoms with E-state index in [1.54, 1.807) is 36.4 Å². The zero-order chi connectivity index (χ0) is 18.8. The summed E-state index contributed by atoms with van der Waals surface area (Å²) >= 11 is 9.41. The third-order valence-electron chi connectivity index (χ3n) is 4.11. The molecule has 0 atom stereocenters. The van der Waals surface area contributed by atoms with Crippen molar-refractivity contribution in [2.45, 2.75) is 6.61 Å². The number of halogens is 2. The average Bonchev–Trinajstić information content (AvgIpc) is 2.96. The summed E-state index contributed by atoms with van der Waals surface area (Å²) in [6.45, 7) is 0.436. The molecule has 0 saturated heterocycles. The lowest BCUT2D eigenvalue weighted by molar-refractivity contribution is 0.101. The van der Waals surface area contributed by atoms with Crippen LogP contribution >= 0.6 is 27.5 Å². The molecule has 0 radical (unpaired) electrons. The fourth-order valence-corrected chi connectivity index (χ4v) is 3.22. The molecule has 1 aliphatic heterocycles. The van der Waals surface area contributed by atoms with Gasteiger partial charge in [0.1, 0.15) is 18.1 Å². The summed E-state index contributed by atoms with van der Waals surface area (Å²) in [4.78, 5) is 12.5. The molecule has 0 fully saturated rings. The van der Waals surface area contributed by atoms with Gasteiger partial charge in [-0.05, 0) is 53.6 Å². The van der Waals surface area contributed by atoms with Crippen LogP contribution in [0.15, 0.2) is 77.0 Å². The third kappa shape index (κ3) is 4.07. The first kappa shape index (κ1) is 17.8. The zero-order valence-corrected chi connectivity index (χ0v) is 16.5. The monoisotopic (exact) mass is 440 g/mol. The molecule has 3 nitrogen and oxygen atoms in total. The Balaban J connectivity index is 1.51. The van der Waals surface area contributed by atoms with Gasteiger partial charge in [0, 0.05) is 15.6 Å². The summed E-state index contributed by atoms with van der Waals surface area (Å²) < 4.78 is 12.6. The van der Waals surface area contributed by atoms with Crippen LogP contribution < -0.4 is 9.47 Å². The lowest BCUT2D eigenvalue weighted by Gasteiger charge is -2.07. The van der Waals surface area contributed by atoms with Crippen molar-refractivity contribution in [1.82, 2.24) is 0 Å². The van der Waals surface area contributed by atoms with E-state index in [1.807, 2.05) is 36.4 Å². The lowest BCUT2D eigenvalue weighted by atomic mass is 10.1. The van der Waals surface area contributed by atoms with Crippen molar-refractivity contribution in [3.8, 4) is 11.5 Å². The number of carbonyl (C=O) groups is 1. The summed E-state index contributed by atoms with van der Waals surface area (Å²) in [6.07, 6.45) is 1.69. The molecule has 0 spiro atoms. The summed E-state index contributed by atoms with van der Waals surface area (Å²) in [6, 6.07) is 20.4. The molecule has 0 bridgehead atoms. The number of ether oxygens (including phenoxy) is 2. The molecule has 0 unspecified atom stereocenters. The van der Waals surface area contributed by atoms with Gasteiger partial charge in [-0.15, -0.1) is 0 Å². The second-order valence-electron chi connectivity index (χ2n) is 6.07. The minimum absolute atomic E-state index is 0.149. The van der Waals surface area contributed by atoms with Crippen LogP contribution in [-0.2, 0) is 6.61 Å². The second kappa shape index (κ2) is 7.59. The van der Waals surface area contributed by atoms with Gasteiger partial charge in [0.15, 0.2) is 5.76 Å². The molecule has 0 amide bonds. The van der Waals surface area contributed by atoms with Crippen LogP contribution in [0.5, 0.6) is 11.5 Å². The Morgan fingerprint density at radius 2 is 1.85 bits per heavy atom. The molecule has 0 aliphatic carbocycles. The number of fused-ring (bicyclic) bond motifs is 1. The molecule has 5 heteroatoms. The van der Waals surface area contributed by atoms with Crippen LogP contribution in [0.4, 0.5) is 0 Å². The van der Waals surface area contributed by atoms with Crippen molar-refractivity contribution in [3.05, 3.63) is 98.7 Å². The Hall–Kier alpha value is -2.56. The standard InChI is InChI=1S/C22H14BrClO3/c23-16-6-4-14(5-7-16)13-26-18-8-9-19-20(12-18)27-21(22(19)25)11-15-2-1-3-17(24)10-15/h1-12H,13H2/b21-11-. The average molecular weight is 442 g/mol. The highest BCUT2D eigenvalue weighted by Gasteiger charge is 2.27. The number of rotatable bonds is 4. The number of benzene rings is 3. The molecule has 3 aromatic carbocycles. The van der Waals surface area contributed by atoms with E-state index in [9.17, 15) is 4.79 Å². The highest BCUT2D eigenvalue weighted by molar-refractivity contribution is 9.10. The van der Waals surface area contributed by atoms with E-state index in [1.165, 1.54) is 0 Å². The number of hydrogen-bond acceptors (Lipinski definition) is 3. The van der Waals surface area contributed by atoms with E-state index in [0.29, 0.717) is 28.7 Å². The number of ketones is 1. The van der Waals surface area contributed by atoms with Gasteiger partial charge >= 0.3 is 0 Å². The van der Waals surface area contributed by atoms with Crippen molar-refractivity contribution in [2.75, 3.05) is 0 Å². The highest BCUT2D eigenvalue weighted by atomic mass is 79.9. The Bertz CT molecular complexity index is 1040. The van der Waals surface area contributed by atoms with Crippen molar-refractivity contribution < 1.29 is 14.3 Å². The van der Waals surface area contributed by atoms with E-state index in [4.69, 9.17) is 21.1 Å². The van der Waals surface area contributed by atoms with Crippen LogP contribution in [-0.4, -0.2) is 5.78 Å². The highest BCUT2D eigenvalue weighted by Crippen LogP contribution is 2.35. The number of allylic oxidation sites excluding steroid dienone is 1. The maximum Gasteiger partial charge on any atom is 0.231 e. The van der Waals surface area contributed by atoms with Crippen LogP contribution in [0.3, 0.4) is 0 Å². The van der Waals surface area contributed by atoms with Gasteiger partial charge < -0.3 is 9.47 Å². The van der Waals surface area contributed by atoms with Crippen molar-refractivity contribution >= 4 is 39.4 Å². The zero-order valence-electron chi connectivity index (χ0n) is 14.1. The van der Waals surface area contributed by atoms with Crippen LogP contribution in [0.1, 0.15) is 21.5 Å². The summed E-state index contributed by atoms with van der Waals surface area (Å²) in [5.74, 6) is 1.27. The molecule has 0 N–H and O–H groups in total. The van der Waals surface area contributed by atoms with E-state index in [0.717, 1.165) is 15.6 Å². The van der Waals surface area contributed by atoms with Gasteiger partial charge in [0.05, 0.1) is 5.56 Å². The van der Waals surface area contributed by atoms with E-state index in [2.05, 4.69) is 15.9 Å². The SMILES string of the molecule is O=C1/C(=C/c2cccc(Cl)c2)Oc2cc(OCc3ccc(Br)cc3)ccc21. The van der Waals surface area contributed by atoms with Crippen molar-refractivity contribution in [1.29, 1.82) is 0 Å². The molecular formula is C22H14BrClO3. The van der Waals surface area contributed by atoms with Crippen LogP contribution in [0.2, 0.25) is 5.02 Å². The summed E-state index contributed by atoms with van der Waals surface area (Å²) in [7, 11) is 0. The minimum atomic E-state index is -0.149. The molecule has 0 aromatic heterocycles. The smallest absolute Gasteiger partial charge is 0.231 e. The molecule has 1 aliphatic rings. The quantitative estimate of drug-likeness (QED) is 0.446. The van der Waals surface area contributed by atoms with Gasteiger partial charge in [-0.1, -0.05) is 51.8 Å². The molecular weight excluding hydrogens is 428 g/mol. The van der Waals surface area contributed by atoms with E-state index in [-0.39, 0.29) is 11.5 Å². The normalized spacial score (nSPS) is 14.1. The Labute approximate surface area is 170 Å². The summed E-state index contributed by atoms with van der Waals surface area (Å²) in [5.41, 5.74) is 2.39. The summed E-state index contributed by atoms with van der Waals surface area (Å²) in [5, 5.41) is 0.607.